The van der Waals surface area contributed by atoms with E-state index in [2.05, 4.69) is 18.7 Å². The molecular weight excluding hydrogens is 226 g/mol. The van der Waals surface area contributed by atoms with Crippen LogP contribution in [0.2, 0.25) is 0 Å². The molecule has 0 amide bonds. The molecule has 2 rings (SSSR count). The second-order valence-corrected chi connectivity index (χ2v) is 4.81. The van der Waals surface area contributed by atoms with Crippen LogP contribution in [0.5, 0.6) is 11.5 Å². The second kappa shape index (κ2) is 4.70. The van der Waals surface area contributed by atoms with E-state index in [-0.39, 0.29) is 11.2 Å². The summed E-state index contributed by atoms with van der Waals surface area (Å²) in [5, 5.41) is 9.33. The highest BCUT2D eigenvalue weighted by Crippen LogP contribution is 2.32. The van der Waals surface area contributed by atoms with Crippen LogP contribution in [0.25, 0.3) is 0 Å². The van der Waals surface area contributed by atoms with Crippen LogP contribution in [0.3, 0.4) is 0 Å². The number of nitrogens with two attached hydrogens (primary N) is 1. The van der Waals surface area contributed by atoms with Gasteiger partial charge in [-0.25, -0.2) is 0 Å². The molecule has 0 bridgehead atoms. The zero-order chi connectivity index (χ0) is 13.2. The first-order chi connectivity index (χ1) is 8.54. The summed E-state index contributed by atoms with van der Waals surface area (Å²) in [6.07, 6.45) is 0. The van der Waals surface area contributed by atoms with Crippen molar-refractivity contribution in [2.45, 2.75) is 19.3 Å². The Labute approximate surface area is 107 Å². The van der Waals surface area contributed by atoms with Gasteiger partial charge in [-0.2, -0.15) is 5.90 Å². The lowest BCUT2D eigenvalue weighted by Crippen LogP contribution is -2.18. The average molecular weight is 243 g/mol. The highest BCUT2D eigenvalue weighted by Gasteiger charge is 2.22. The molecule has 0 saturated heterocycles. The number of phenolic OH excluding ortho intramolecular Hbond substituents is 1. The fourth-order valence-corrected chi connectivity index (χ4v) is 1.99. The summed E-state index contributed by atoms with van der Waals surface area (Å²) in [4.78, 5) is 4.67. The number of phenols is 1. The first kappa shape index (κ1) is 12.5. The fraction of sp³-hybridized carbons (Fsp3) is 0.200. The molecular formula is C15H17NO2. The van der Waals surface area contributed by atoms with E-state index in [1.807, 2.05) is 36.4 Å². The predicted molar refractivity (Wildman–Crippen MR) is 71.5 cm³/mol. The summed E-state index contributed by atoms with van der Waals surface area (Å²) in [6, 6.07) is 15.0. The van der Waals surface area contributed by atoms with E-state index in [0.717, 1.165) is 11.1 Å². The highest BCUT2D eigenvalue weighted by atomic mass is 16.6. The zero-order valence-electron chi connectivity index (χ0n) is 10.6. The van der Waals surface area contributed by atoms with Gasteiger partial charge in [0.1, 0.15) is 11.5 Å². The molecule has 94 valence electrons. The molecule has 3 N–H and O–H groups in total. The maximum absolute atomic E-state index is 9.33. The number of hydrogen-bond acceptors (Lipinski definition) is 3. The topological polar surface area (TPSA) is 55.5 Å². The molecule has 0 atom stereocenters. The maximum Gasteiger partial charge on any atom is 0.146 e. The minimum Gasteiger partial charge on any atom is -0.508 e. The number of rotatable bonds is 3. The lowest BCUT2D eigenvalue weighted by molar-refractivity contribution is 0.334. The molecule has 0 radical (unpaired) electrons. The fourth-order valence-electron chi connectivity index (χ4n) is 1.99. The molecule has 0 saturated carbocycles. The van der Waals surface area contributed by atoms with Gasteiger partial charge >= 0.3 is 0 Å². The lowest BCUT2D eigenvalue weighted by Gasteiger charge is -2.26. The van der Waals surface area contributed by atoms with Crippen molar-refractivity contribution < 1.29 is 9.94 Å². The van der Waals surface area contributed by atoms with Crippen LogP contribution in [-0.2, 0) is 5.41 Å². The van der Waals surface area contributed by atoms with Crippen LogP contribution in [0.15, 0.2) is 48.5 Å². The molecule has 0 aliphatic rings. The summed E-state index contributed by atoms with van der Waals surface area (Å²) in [7, 11) is 0. The van der Waals surface area contributed by atoms with Gasteiger partial charge in [-0.3, -0.25) is 0 Å². The van der Waals surface area contributed by atoms with Crippen LogP contribution >= 0.6 is 0 Å². The van der Waals surface area contributed by atoms with E-state index in [9.17, 15) is 5.11 Å². The quantitative estimate of drug-likeness (QED) is 0.815. The maximum atomic E-state index is 9.33. The van der Waals surface area contributed by atoms with Crippen molar-refractivity contribution in [1.29, 1.82) is 0 Å². The standard InChI is InChI=1S/C15H17NO2/c1-15(2,11-3-7-13(17)8-4-11)12-5-9-14(18-16)10-6-12/h3-10,17H,16H2,1-2H3. The number of hydrogen-bond donors (Lipinski definition) is 2. The van der Waals surface area contributed by atoms with Gasteiger partial charge in [0, 0.05) is 5.41 Å². The molecule has 0 aliphatic heterocycles. The minimum absolute atomic E-state index is 0.138. The molecule has 0 aliphatic carbocycles. The first-order valence-corrected chi connectivity index (χ1v) is 5.81. The van der Waals surface area contributed by atoms with Crippen molar-refractivity contribution >= 4 is 0 Å². The SMILES string of the molecule is CC(C)(c1ccc(O)cc1)c1ccc(ON)cc1. The Balaban J connectivity index is 2.37. The van der Waals surface area contributed by atoms with Gasteiger partial charge in [0.2, 0.25) is 0 Å². The van der Waals surface area contributed by atoms with Crippen LogP contribution in [0.1, 0.15) is 25.0 Å². The third kappa shape index (κ3) is 2.31. The van der Waals surface area contributed by atoms with Crippen LogP contribution < -0.4 is 10.7 Å². The molecule has 0 heterocycles. The van der Waals surface area contributed by atoms with Gasteiger partial charge < -0.3 is 9.94 Å². The minimum atomic E-state index is -0.138. The van der Waals surface area contributed by atoms with Crippen molar-refractivity contribution in [2.24, 2.45) is 5.90 Å². The van der Waals surface area contributed by atoms with Crippen LogP contribution in [0.4, 0.5) is 0 Å². The molecule has 0 spiro atoms. The van der Waals surface area contributed by atoms with Crippen LogP contribution in [0, 0.1) is 0 Å². The lowest BCUT2D eigenvalue weighted by atomic mass is 9.78. The van der Waals surface area contributed by atoms with E-state index in [1.54, 1.807) is 12.1 Å². The smallest absolute Gasteiger partial charge is 0.146 e. The van der Waals surface area contributed by atoms with Gasteiger partial charge in [0.15, 0.2) is 0 Å². The van der Waals surface area contributed by atoms with Crippen molar-refractivity contribution in [3.8, 4) is 11.5 Å². The third-order valence-corrected chi connectivity index (χ3v) is 3.30. The van der Waals surface area contributed by atoms with E-state index in [0.29, 0.717) is 5.75 Å². The summed E-state index contributed by atoms with van der Waals surface area (Å²) in [5.74, 6) is 6.03. The number of aromatic hydroxyl groups is 1. The Morgan fingerprint density at radius 2 is 1.33 bits per heavy atom. The van der Waals surface area contributed by atoms with E-state index >= 15 is 0 Å². The highest BCUT2D eigenvalue weighted by molar-refractivity contribution is 5.41. The summed E-state index contributed by atoms with van der Waals surface area (Å²) in [5.41, 5.74) is 2.16. The first-order valence-electron chi connectivity index (χ1n) is 5.81. The number of benzene rings is 2. The predicted octanol–water partition coefficient (Wildman–Crippen LogP) is 2.97. The largest absolute Gasteiger partial charge is 0.508 e. The van der Waals surface area contributed by atoms with Gasteiger partial charge in [-0.15, -0.1) is 0 Å². The van der Waals surface area contributed by atoms with E-state index in [4.69, 9.17) is 5.90 Å². The Morgan fingerprint density at radius 3 is 1.78 bits per heavy atom. The molecule has 3 heteroatoms. The Kier molecular flexibility index (Phi) is 3.26. The summed E-state index contributed by atoms with van der Waals surface area (Å²) in [6.45, 7) is 4.27. The van der Waals surface area contributed by atoms with Gasteiger partial charge in [0.05, 0.1) is 0 Å². The molecule has 2 aromatic rings. The Morgan fingerprint density at radius 1 is 0.889 bits per heavy atom. The van der Waals surface area contributed by atoms with Gasteiger partial charge in [-0.1, -0.05) is 38.1 Å². The van der Waals surface area contributed by atoms with Gasteiger partial charge in [-0.05, 0) is 35.4 Å². The molecule has 0 unspecified atom stereocenters. The normalized spacial score (nSPS) is 11.3. The average Bonchev–Trinajstić information content (AvgIpc) is 2.39. The monoisotopic (exact) mass is 243 g/mol. The van der Waals surface area contributed by atoms with E-state index < -0.39 is 0 Å². The van der Waals surface area contributed by atoms with Crippen LogP contribution in [-0.4, -0.2) is 5.11 Å². The summed E-state index contributed by atoms with van der Waals surface area (Å²) >= 11 is 0. The molecule has 0 fully saturated rings. The second-order valence-electron chi connectivity index (χ2n) is 4.81. The van der Waals surface area contributed by atoms with Crippen molar-refractivity contribution in [2.75, 3.05) is 0 Å². The molecule has 2 aromatic carbocycles. The zero-order valence-corrected chi connectivity index (χ0v) is 10.6. The van der Waals surface area contributed by atoms with Crippen molar-refractivity contribution in [1.82, 2.24) is 0 Å². The van der Waals surface area contributed by atoms with Crippen molar-refractivity contribution in [3.63, 3.8) is 0 Å². The van der Waals surface area contributed by atoms with E-state index in [1.165, 1.54) is 0 Å². The van der Waals surface area contributed by atoms with Gasteiger partial charge in [0.25, 0.3) is 0 Å². The molecule has 0 aromatic heterocycles. The molecule has 3 nitrogen and oxygen atoms in total. The summed E-state index contributed by atoms with van der Waals surface area (Å²) < 4.78 is 0. The van der Waals surface area contributed by atoms with Crippen molar-refractivity contribution in [3.05, 3.63) is 59.7 Å². The molecule has 18 heavy (non-hydrogen) atoms. The Hall–Kier alpha value is -2.00. The third-order valence-electron chi connectivity index (χ3n) is 3.30. The Bertz CT molecular complexity index is 515.